The summed E-state index contributed by atoms with van der Waals surface area (Å²) in [7, 11) is -3.03. The molecular formula is C60H41NSi. The zero-order valence-corrected chi connectivity index (χ0v) is 35.1. The predicted molar refractivity (Wildman–Crippen MR) is 268 cm³/mol. The number of rotatable bonds is 7. The van der Waals surface area contributed by atoms with E-state index in [9.17, 15) is 0 Å². The topological polar surface area (TPSA) is 4.93 Å². The van der Waals surface area contributed by atoms with E-state index in [-0.39, 0.29) is 0 Å². The summed E-state index contributed by atoms with van der Waals surface area (Å²) in [5.74, 6) is 0. The molecule has 1 nitrogen and oxygen atoms in total. The maximum absolute atomic E-state index is 3.03. The monoisotopic (exact) mass is 803 g/mol. The molecule has 0 spiro atoms. The van der Waals surface area contributed by atoms with Crippen molar-refractivity contribution in [3.05, 3.63) is 249 Å². The van der Waals surface area contributed by atoms with Crippen molar-refractivity contribution < 1.29 is 0 Å². The maximum atomic E-state index is 2.52. The molecule has 11 aromatic carbocycles. The fraction of sp³-hybridized carbons (Fsp3) is 0. The van der Waals surface area contributed by atoms with Gasteiger partial charge in [0.15, 0.2) is 8.07 Å². The number of hydrogen-bond donors (Lipinski definition) is 0. The Labute approximate surface area is 362 Å². The highest BCUT2D eigenvalue weighted by Crippen LogP contribution is 2.43. The Bertz CT molecular complexity index is 3480. The van der Waals surface area contributed by atoms with Gasteiger partial charge in [0.2, 0.25) is 0 Å². The number of aromatic nitrogens is 1. The van der Waals surface area contributed by atoms with Gasteiger partial charge in [-0.2, -0.15) is 0 Å². The standard InChI is InChI=1S/C60H41NSi/c1-5-20-42(21-6-1)44-38-45(43-22-7-2-8-23-43)40-50(39-44)62(47-25-9-3-10-26-47,48-27-11-4-12-28-48)49-29-19-24-46(41-49)61-57-35-18-17-34-56(57)60-58(61)37-36-55-53-32-14-13-30-51(53)52-31-15-16-33-54(52)59(55)60/h1-41H. The van der Waals surface area contributed by atoms with Gasteiger partial charge in [0, 0.05) is 21.8 Å². The molecule has 0 fully saturated rings. The summed E-state index contributed by atoms with van der Waals surface area (Å²) in [6.45, 7) is 0. The largest absolute Gasteiger partial charge is 0.309 e. The second kappa shape index (κ2) is 14.7. The third-order valence-corrected chi connectivity index (χ3v) is 17.8. The third-order valence-electron chi connectivity index (χ3n) is 13.1. The molecule has 0 radical (unpaired) electrons. The molecule has 12 rings (SSSR count). The first-order valence-corrected chi connectivity index (χ1v) is 23.5. The molecule has 12 aromatic rings. The summed E-state index contributed by atoms with van der Waals surface area (Å²) in [6.07, 6.45) is 0. The first-order chi connectivity index (χ1) is 30.8. The summed E-state index contributed by atoms with van der Waals surface area (Å²) in [5.41, 5.74) is 8.43. The highest BCUT2D eigenvalue weighted by atomic mass is 28.3. The molecule has 1 heterocycles. The van der Waals surface area contributed by atoms with Crippen molar-refractivity contribution >= 4 is 82.9 Å². The van der Waals surface area contributed by atoms with Crippen molar-refractivity contribution in [2.45, 2.75) is 0 Å². The number of nitrogens with zero attached hydrogens (tertiary/aromatic N) is 1. The second-order valence-electron chi connectivity index (χ2n) is 16.4. The molecule has 290 valence electrons. The molecular weight excluding hydrogens is 763 g/mol. The van der Waals surface area contributed by atoms with Gasteiger partial charge in [-0.25, -0.2) is 0 Å². The molecule has 0 unspecified atom stereocenters. The van der Waals surface area contributed by atoms with Crippen LogP contribution in [0.25, 0.3) is 82.1 Å². The summed E-state index contributed by atoms with van der Waals surface area (Å²) in [6, 6.07) is 92.8. The summed E-state index contributed by atoms with van der Waals surface area (Å²) >= 11 is 0. The van der Waals surface area contributed by atoms with Crippen LogP contribution in [0, 0.1) is 0 Å². The highest BCUT2D eigenvalue weighted by Gasteiger charge is 2.42. The van der Waals surface area contributed by atoms with Gasteiger partial charge in [0.05, 0.1) is 11.0 Å². The van der Waals surface area contributed by atoms with Crippen molar-refractivity contribution in [1.82, 2.24) is 4.57 Å². The molecule has 62 heavy (non-hydrogen) atoms. The van der Waals surface area contributed by atoms with Crippen molar-refractivity contribution in [3.8, 4) is 27.9 Å². The zero-order valence-electron chi connectivity index (χ0n) is 34.1. The van der Waals surface area contributed by atoms with E-state index < -0.39 is 8.07 Å². The lowest BCUT2D eigenvalue weighted by molar-refractivity contribution is 1.18. The van der Waals surface area contributed by atoms with Crippen LogP contribution in [0.5, 0.6) is 0 Å². The minimum absolute atomic E-state index is 1.16. The van der Waals surface area contributed by atoms with Gasteiger partial charge in [-0.05, 0) is 100 Å². The molecule has 0 saturated carbocycles. The van der Waals surface area contributed by atoms with Crippen LogP contribution < -0.4 is 20.7 Å². The van der Waals surface area contributed by atoms with Crippen molar-refractivity contribution in [1.29, 1.82) is 0 Å². The lowest BCUT2D eigenvalue weighted by Gasteiger charge is -2.35. The Morgan fingerprint density at radius 1 is 0.242 bits per heavy atom. The molecule has 0 aliphatic carbocycles. The Morgan fingerprint density at radius 3 is 1.27 bits per heavy atom. The molecule has 0 atom stereocenters. The van der Waals surface area contributed by atoms with Crippen LogP contribution in [0.3, 0.4) is 0 Å². The summed E-state index contributed by atoms with van der Waals surface area (Å²) in [5, 5.41) is 15.7. The number of hydrogen-bond acceptors (Lipinski definition) is 0. The normalized spacial score (nSPS) is 11.9. The summed E-state index contributed by atoms with van der Waals surface area (Å²) < 4.78 is 2.52. The van der Waals surface area contributed by atoms with Crippen LogP contribution >= 0.6 is 0 Å². The number of benzene rings is 11. The van der Waals surface area contributed by atoms with Crippen LogP contribution in [0.4, 0.5) is 0 Å². The van der Waals surface area contributed by atoms with Crippen molar-refractivity contribution in [3.63, 3.8) is 0 Å². The third kappa shape index (κ3) is 5.61. The molecule has 0 aliphatic heterocycles. The van der Waals surface area contributed by atoms with E-state index in [4.69, 9.17) is 0 Å². The van der Waals surface area contributed by atoms with Gasteiger partial charge in [-0.1, -0.05) is 218 Å². The minimum Gasteiger partial charge on any atom is -0.309 e. The summed E-state index contributed by atoms with van der Waals surface area (Å²) in [4.78, 5) is 0. The van der Waals surface area contributed by atoms with Crippen LogP contribution in [-0.2, 0) is 0 Å². The molecule has 0 saturated heterocycles. The molecule has 0 N–H and O–H groups in total. The van der Waals surface area contributed by atoms with Gasteiger partial charge in [-0.15, -0.1) is 0 Å². The van der Waals surface area contributed by atoms with E-state index in [1.165, 1.54) is 97.1 Å². The quantitative estimate of drug-likeness (QED) is 0.0859. The first-order valence-electron chi connectivity index (χ1n) is 21.5. The fourth-order valence-corrected chi connectivity index (χ4v) is 15.3. The van der Waals surface area contributed by atoms with Gasteiger partial charge in [0.25, 0.3) is 0 Å². The molecule has 0 bridgehead atoms. The molecule has 2 heteroatoms. The number of fused-ring (bicyclic) bond motifs is 10. The van der Waals surface area contributed by atoms with E-state index in [1.54, 1.807) is 0 Å². The fourth-order valence-electron chi connectivity index (χ4n) is 10.4. The first kappa shape index (κ1) is 36.1. The highest BCUT2D eigenvalue weighted by molar-refractivity contribution is 7.20. The van der Waals surface area contributed by atoms with Gasteiger partial charge in [0.1, 0.15) is 0 Å². The average Bonchev–Trinajstić information content (AvgIpc) is 3.70. The van der Waals surface area contributed by atoms with E-state index in [0.717, 1.165) is 5.69 Å². The van der Waals surface area contributed by atoms with E-state index in [0.29, 0.717) is 0 Å². The van der Waals surface area contributed by atoms with E-state index >= 15 is 0 Å². The molecule has 0 aliphatic rings. The van der Waals surface area contributed by atoms with Crippen LogP contribution in [0.2, 0.25) is 0 Å². The second-order valence-corrected chi connectivity index (χ2v) is 20.2. The van der Waals surface area contributed by atoms with Gasteiger partial charge in [-0.3, -0.25) is 0 Å². The Hall–Kier alpha value is -7.78. The van der Waals surface area contributed by atoms with E-state index in [1.807, 2.05) is 0 Å². The van der Waals surface area contributed by atoms with Crippen molar-refractivity contribution in [2.24, 2.45) is 0 Å². The van der Waals surface area contributed by atoms with Crippen LogP contribution in [-0.4, -0.2) is 12.6 Å². The van der Waals surface area contributed by atoms with Gasteiger partial charge < -0.3 is 4.57 Å². The van der Waals surface area contributed by atoms with Crippen molar-refractivity contribution in [2.75, 3.05) is 0 Å². The Balaban J connectivity index is 1.19. The Morgan fingerprint density at radius 2 is 0.694 bits per heavy atom. The molecule has 0 amide bonds. The maximum Gasteiger partial charge on any atom is 0.179 e. The Kier molecular flexibility index (Phi) is 8.58. The zero-order chi connectivity index (χ0) is 41.0. The average molecular weight is 804 g/mol. The minimum atomic E-state index is -3.03. The smallest absolute Gasteiger partial charge is 0.179 e. The van der Waals surface area contributed by atoms with E-state index in [2.05, 4.69) is 253 Å². The van der Waals surface area contributed by atoms with Crippen LogP contribution in [0.1, 0.15) is 0 Å². The number of para-hydroxylation sites is 1. The molecule has 1 aromatic heterocycles. The van der Waals surface area contributed by atoms with Gasteiger partial charge >= 0.3 is 0 Å². The SMILES string of the molecule is c1ccc(-c2cc(-c3ccccc3)cc([Si](c3ccccc3)(c3ccccc3)c3cccc(-n4c5ccccc5c5c6c7ccccc7c7ccccc7c6ccc54)c3)c2)cc1. The lowest BCUT2D eigenvalue weighted by atomic mass is 9.92. The van der Waals surface area contributed by atoms with Crippen LogP contribution in [0.15, 0.2) is 249 Å². The lowest BCUT2D eigenvalue weighted by Crippen LogP contribution is -2.74. The predicted octanol–water partition coefficient (Wildman–Crippen LogP) is 13.0.